The average Bonchev–Trinajstić information content (AvgIpc) is 2.58. The molecule has 2 rings (SSSR count). The third-order valence-corrected chi connectivity index (χ3v) is 2.45. The van der Waals surface area contributed by atoms with Gasteiger partial charge in [-0.15, -0.1) is 10.2 Å². The minimum Gasteiger partial charge on any atom is -0.324 e. The predicted molar refractivity (Wildman–Crippen MR) is 59.0 cm³/mol. The number of nitrogens with two attached hydrogens (primary N) is 1. The molecule has 16 heavy (non-hydrogen) atoms. The van der Waals surface area contributed by atoms with Gasteiger partial charge in [-0.05, 0) is 30.7 Å². The molecule has 0 saturated carbocycles. The van der Waals surface area contributed by atoms with E-state index in [1.807, 2.05) is 20.0 Å². The molecule has 0 spiro atoms. The molecular formula is C11H13FN4. The monoisotopic (exact) mass is 220 g/mol. The van der Waals surface area contributed by atoms with E-state index in [4.69, 9.17) is 5.73 Å². The second-order valence-electron chi connectivity index (χ2n) is 3.72. The summed E-state index contributed by atoms with van der Waals surface area (Å²) in [6.07, 6.45) is 0. The molecule has 0 aliphatic carbocycles. The lowest BCUT2D eigenvalue weighted by atomic mass is 10.1. The van der Waals surface area contributed by atoms with Crippen LogP contribution in [-0.2, 0) is 13.6 Å². The van der Waals surface area contributed by atoms with Gasteiger partial charge in [-0.1, -0.05) is 0 Å². The zero-order valence-electron chi connectivity index (χ0n) is 9.24. The Morgan fingerprint density at radius 2 is 2.06 bits per heavy atom. The van der Waals surface area contributed by atoms with Gasteiger partial charge >= 0.3 is 0 Å². The third kappa shape index (κ3) is 1.81. The van der Waals surface area contributed by atoms with Crippen molar-refractivity contribution < 1.29 is 4.39 Å². The first-order valence-corrected chi connectivity index (χ1v) is 4.97. The lowest BCUT2D eigenvalue weighted by Gasteiger charge is -2.04. The molecule has 0 amide bonds. The highest BCUT2D eigenvalue weighted by molar-refractivity contribution is 5.56. The molecule has 0 unspecified atom stereocenters. The van der Waals surface area contributed by atoms with Crippen molar-refractivity contribution in [1.82, 2.24) is 14.8 Å². The Bertz CT molecular complexity index is 498. The summed E-state index contributed by atoms with van der Waals surface area (Å²) in [5, 5.41) is 7.94. The number of halogens is 1. The third-order valence-electron chi connectivity index (χ3n) is 2.45. The van der Waals surface area contributed by atoms with Gasteiger partial charge in [0, 0.05) is 12.6 Å². The van der Waals surface area contributed by atoms with E-state index in [9.17, 15) is 4.39 Å². The van der Waals surface area contributed by atoms with Crippen molar-refractivity contribution >= 4 is 0 Å². The zero-order chi connectivity index (χ0) is 11.7. The fourth-order valence-corrected chi connectivity index (χ4v) is 1.66. The number of benzene rings is 1. The van der Waals surface area contributed by atoms with Crippen molar-refractivity contribution in [2.75, 3.05) is 0 Å². The van der Waals surface area contributed by atoms with Crippen LogP contribution < -0.4 is 5.73 Å². The highest BCUT2D eigenvalue weighted by Crippen LogP contribution is 2.20. The molecular weight excluding hydrogens is 207 g/mol. The van der Waals surface area contributed by atoms with Gasteiger partial charge in [0.25, 0.3) is 0 Å². The fraction of sp³-hybridized carbons (Fsp3) is 0.273. The quantitative estimate of drug-likeness (QED) is 0.832. The number of hydrogen-bond donors (Lipinski definition) is 1. The topological polar surface area (TPSA) is 56.7 Å². The highest BCUT2D eigenvalue weighted by atomic mass is 19.1. The zero-order valence-corrected chi connectivity index (χ0v) is 9.24. The molecule has 0 aliphatic rings. The van der Waals surface area contributed by atoms with Crippen LogP contribution in [-0.4, -0.2) is 14.8 Å². The first kappa shape index (κ1) is 10.8. The number of hydrogen-bond acceptors (Lipinski definition) is 3. The standard InChI is InChI=1S/C11H13FN4/c1-7-3-8(5-9(12)4-7)11-15-14-10(6-13)16(11)2/h3-5H,6,13H2,1-2H3. The minimum absolute atomic E-state index is 0.271. The Labute approximate surface area is 92.9 Å². The molecule has 1 heterocycles. The Balaban J connectivity index is 2.54. The SMILES string of the molecule is Cc1cc(F)cc(-c2nnc(CN)n2C)c1. The van der Waals surface area contributed by atoms with Gasteiger partial charge in [0.05, 0.1) is 6.54 Å². The van der Waals surface area contributed by atoms with Crippen molar-refractivity contribution in [2.24, 2.45) is 12.8 Å². The second-order valence-corrected chi connectivity index (χ2v) is 3.72. The normalized spacial score (nSPS) is 10.8. The smallest absolute Gasteiger partial charge is 0.163 e. The maximum atomic E-state index is 13.3. The van der Waals surface area contributed by atoms with Crippen LogP contribution in [0.4, 0.5) is 4.39 Å². The Hall–Kier alpha value is -1.75. The molecule has 2 aromatic rings. The number of rotatable bonds is 2. The summed E-state index contributed by atoms with van der Waals surface area (Å²) in [6.45, 7) is 2.16. The summed E-state index contributed by atoms with van der Waals surface area (Å²) in [5.41, 5.74) is 7.07. The van der Waals surface area contributed by atoms with Crippen LogP contribution in [0.15, 0.2) is 18.2 Å². The Kier molecular flexibility index (Phi) is 2.70. The summed E-state index contributed by atoms with van der Waals surface area (Å²) >= 11 is 0. The second kappa shape index (κ2) is 4.02. The Morgan fingerprint density at radius 1 is 1.31 bits per heavy atom. The van der Waals surface area contributed by atoms with Crippen LogP contribution in [0.3, 0.4) is 0 Å². The number of aryl methyl sites for hydroxylation is 1. The van der Waals surface area contributed by atoms with Crippen LogP contribution in [0.2, 0.25) is 0 Å². The van der Waals surface area contributed by atoms with Crippen molar-refractivity contribution in [2.45, 2.75) is 13.5 Å². The molecule has 0 aliphatic heterocycles. The molecule has 1 aromatic carbocycles. The van der Waals surface area contributed by atoms with Crippen LogP contribution in [0.1, 0.15) is 11.4 Å². The maximum absolute atomic E-state index is 13.3. The number of aromatic nitrogens is 3. The molecule has 0 radical (unpaired) electrons. The van der Waals surface area contributed by atoms with E-state index in [-0.39, 0.29) is 5.82 Å². The minimum atomic E-state index is -0.271. The molecule has 84 valence electrons. The van der Waals surface area contributed by atoms with Gasteiger partial charge < -0.3 is 10.3 Å². The molecule has 4 nitrogen and oxygen atoms in total. The highest BCUT2D eigenvalue weighted by Gasteiger charge is 2.10. The van der Waals surface area contributed by atoms with Gasteiger partial charge in [0.1, 0.15) is 11.6 Å². The van der Waals surface area contributed by atoms with E-state index in [1.54, 1.807) is 4.57 Å². The van der Waals surface area contributed by atoms with Gasteiger partial charge in [0.2, 0.25) is 0 Å². The van der Waals surface area contributed by atoms with Crippen molar-refractivity contribution in [3.05, 3.63) is 35.4 Å². The molecule has 0 bridgehead atoms. The first-order chi connectivity index (χ1) is 7.61. The number of nitrogens with zero attached hydrogens (tertiary/aromatic N) is 3. The summed E-state index contributed by atoms with van der Waals surface area (Å²) in [4.78, 5) is 0. The van der Waals surface area contributed by atoms with Gasteiger partial charge in [0.15, 0.2) is 5.82 Å². The largest absolute Gasteiger partial charge is 0.324 e. The average molecular weight is 220 g/mol. The van der Waals surface area contributed by atoms with Crippen LogP contribution in [0, 0.1) is 12.7 Å². The van der Waals surface area contributed by atoms with Crippen molar-refractivity contribution in [3.8, 4) is 11.4 Å². The van der Waals surface area contributed by atoms with Crippen LogP contribution >= 0.6 is 0 Å². The van der Waals surface area contributed by atoms with Crippen molar-refractivity contribution in [1.29, 1.82) is 0 Å². The first-order valence-electron chi connectivity index (χ1n) is 4.97. The van der Waals surface area contributed by atoms with E-state index in [2.05, 4.69) is 10.2 Å². The van der Waals surface area contributed by atoms with Gasteiger partial charge in [-0.3, -0.25) is 0 Å². The van der Waals surface area contributed by atoms with Crippen molar-refractivity contribution in [3.63, 3.8) is 0 Å². The summed E-state index contributed by atoms with van der Waals surface area (Å²) in [7, 11) is 1.82. The Morgan fingerprint density at radius 3 is 2.62 bits per heavy atom. The van der Waals surface area contributed by atoms with E-state index >= 15 is 0 Å². The van der Waals surface area contributed by atoms with Gasteiger partial charge in [-0.25, -0.2) is 4.39 Å². The lowest BCUT2D eigenvalue weighted by molar-refractivity contribution is 0.627. The maximum Gasteiger partial charge on any atom is 0.163 e. The van der Waals surface area contributed by atoms with Gasteiger partial charge in [-0.2, -0.15) is 0 Å². The fourth-order valence-electron chi connectivity index (χ4n) is 1.66. The van der Waals surface area contributed by atoms with Crippen LogP contribution in [0.5, 0.6) is 0 Å². The molecule has 0 saturated heterocycles. The predicted octanol–water partition coefficient (Wildman–Crippen LogP) is 1.39. The van der Waals surface area contributed by atoms with E-state index in [0.717, 1.165) is 5.56 Å². The van der Waals surface area contributed by atoms with E-state index < -0.39 is 0 Å². The van der Waals surface area contributed by atoms with E-state index in [0.29, 0.717) is 23.8 Å². The molecule has 0 fully saturated rings. The summed E-state index contributed by atoms with van der Waals surface area (Å²) in [6, 6.07) is 4.79. The van der Waals surface area contributed by atoms with E-state index in [1.165, 1.54) is 12.1 Å². The summed E-state index contributed by atoms with van der Waals surface area (Å²) < 4.78 is 15.0. The molecule has 1 aromatic heterocycles. The molecule has 5 heteroatoms. The van der Waals surface area contributed by atoms with Crippen LogP contribution in [0.25, 0.3) is 11.4 Å². The molecule has 2 N–H and O–H groups in total. The summed E-state index contributed by atoms with van der Waals surface area (Å²) in [5.74, 6) is 1.03. The molecule has 0 atom stereocenters. The lowest BCUT2D eigenvalue weighted by Crippen LogP contribution is -2.05.